The highest BCUT2D eigenvalue weighted by Crippen LogP contribution is 2.19. The summed E-state index contributed by atoms with van der Waals surface area (Å²) in [6, 6.07) is 6.29. The lowest BCUT2D eigenvalue weighted by molar-refractivity contribution is -0.143. The molecule has 0 unspecified atom stereocenters. The lowest BCUT2D eigenvalue weighted by Crippen LogP contribution is -2.41. The Hall–Kier alpha value is -1.88. The predicted molar refractivity (Wildman–Crippen MR) is 57.0 cm³/mol. The van der Waals surface area contributed by atoms with Gasteiger partial charge in [0.25, 0.3) is 0 Å². The molecule has 0 aromatic heterocycles. The van der Waals surface area contributed by atoms with Crippen molar-refractivity contribution in [2.75, 3.05) is 0 Å². The van der Waals surface area contributed by atoms with Gasteiger partial charge in [-0.3, -0.25) is 4.79 Å². The molecule has 4 N–H and O–H groups in total. The van der Waals surface area contributed by atoms with Gasteiger partial charge in [-0.05, 0) is 18.1 Å². The van der Waals surface area contributed by atoms with E-state index in [1.54, 1.807) is 18.2 Å². The van der Waals surface area contributed by atoms with Gasteiger partial charge in [0.05, 0.1) is 6.42 Å². The van der Waals surface area contributed by atoms with Crippen molar-refractivity contribution in [3.63, 3.8) is 0 Å². The molecule has 5 nitrogen and oxygen atoms in total. The fraction of sp³-hybridized carbons (Fsp3) is 0.273. The molecule has 0 saturated heterocycles. The average Bonchev–Trinajstić information content (AvgIpc) is 2.16. The molecule has 1 aromatic rings. The van der Waals surface area contributed by atoms with Crippen LogP contribution in [-0.4, -0.2) is 22.2 Å². The Morgan fingerprint density at radius 2 is 2.00 bits per heavy atom. The van der Waals surface area contributed by atoms with Gasteiger partial charge in [0.2, 0.25) is 0 Å². The average molecular weight is 223 g/mol. The second-order valence-corrected chi connectivity index (χ2v) is 3.78. The molecule has 0 fully saturated rings. The number of aliphatic carboxylic acids is 2. The van der Waals surface area contributed by atoms with Gasteiger partial charge in [-0.1, -0.05) is 24.3 Å². The van der Waals surface area contributed by atoms with Crippen molar-refractivity contribution in [3.8, 4) is 0 Å². The first-order chi connectivity index (χ1) is 7.34. The smallest absolute Gasteiger partial charge is 0.328 e. The van der Waals surface area contributed by atoms with Crippen LogP contribution in [0.15, 0.2) is 24.3 Å². The summed E-state index contributed by atoms with van der Waals surface area (Å²) in [5.41, 5.74) is 5.05. The van der Waals surface area contributed by atoms with Crippen LogP contribution in [0, 0.1) is 0 Å². The van der Waals surface area contributed by atoms with Crippen molar-refractivity contribution >= 4 is 11.9 Å². The quantitative estimate of drug-likeness (QED) is 0.692. The normalized spacial score (nSPS) is 14.1. The molecule has 0 heterocycles. The molecule has 1 aromatic carbocycles. The second-order valence-electron chi connectivity index (χ2n) is 3.78. The summed E-state index contributed by atoms with van der Waals surface area (Å²) in [6.45, 7) is 1.37. The van der Waals surface area contributed by atoms with Crippen molar-refractivity contribution in [1.82, 2.24) is 0 Å². The van der Waals surface area contributed by atoms with Gasteiger partial charge in [0, 0.05) is 0 Å². The topological polar surface area (TPSA) is 101 Å². The summed E-state index contributed by atoms with van der Waals surface area (Å²) in [6.07, 6.45) is -0.149. The summed E-state index contributed by atoms with van der Waals surface area (Å²) in [4.78, 5) is 21.4. The van der Waals surface area contributed by atoms with Gasteiger partial charge in [-0.15, -0.1) is 0 Å². The van der Waals surface area contributed by atoms with E-state index in [1.165, 1.54) is 13.0 Å². The molecule has 1 rings (SSSR count). The highest BCUT2D eigenvalue weighted by atomic mass is 16.4. The predicted octanol–water partition coefficient (Wildman–Crippen LogP) is 0.572. The molecule has 0 bridgehead atoms. The Balaban J connectivity index is 3.07. The van der Waals surface area contributed by atoms with Crippen LogP contribution in [0.2, 0.25) is 0 Å². The second kappa shape index (κ2) is 4.32. The highest BCUT2D eigenvalue weighted by molar-refractivity contribution is 5.80. The van der Waals surface area contributed by atoms with Gasteiger partial charge < -0.3 is 15.9 Å². The number of hydrogen-bond acceptors (Lipinski definition) is 3. The van der Waals surface area contributed by atoms with E-state index < -0.39 is 17.5 Å². The third-order valence-electron chi connectivity index (χ3n) is 2.33. The number of carbonyl (C=O) groups is 2. The molecular weight excluding hydrogens is 210 g/mol. The van der Waals surface area contributed by atoms with Crippen LogP contribution in [0.25, 0.3) is 0 Å². The third-order valence-corrected chi connectivity index (χ3v) is 2.33. The van der Waals surface area contributed by atoms with Crippen LogP contribution < -0.4 is 5.73 Å². The number of nitrogens with two attached hydrogens (primary N) is 1. The zero-order chi connectivity index (χ0) is 12.3. The lowest BCUT2D eigenvalue weighted by atomic mass is 9.91. The molecule has 5 heteroatoms. The Kier molecular flexibility index (Phi) is 3.29. The van der Waals surface area contributed by atoms with E-state index in [-0.39, 0.29) is 6.42 Å². The van der Waals surface area contributed by atoms with Crippen LogP contribution in [0.1, 0.15) is 18.1 Å². The lowest BCUT2D eigenvalue weighted by Gasteiger charge is -2.20. The van der Waals surface area contributed by atoms with Crippen molar-refractivity contribution < 1.29 is 19.8 Å². The van der Waals surface area contributed by atoms with Crippen LogP contribution in [0.5, 0.6) is 0 Å². The fourth-order valence-electron chi connectivity index (χ4n) is 1.30. The Bertz CT molecular complexity index is 426. The minimum absolute atomic E-state index is 0.149. The van der Waals surface area contributed by atoms with E-state index >= 15 is 0 Å². The maximum Gasteiger partial charge on any atom is 0.328 e. The van der Waals surface area contributed by atoms with Crippen LogP contribution in [0.3, 0.4) is 0 Å². The Morgan fingerprint density at radius 1 is 1.38 bits per heavy atom. The Labute approximate surface area is 92.5 Å². The zero-order valence-electron chi connectivity index (χ0n) is 8.80. The maximum atomic E-state index is 10.9. The molecule has 86 valence electrons. The minimum atomic E-state index is -1.51. The molecule has 0 radical (unpaired) electrons. The molecule has 0 aliphatic rings. The van der Waals surface area contributed by atoms with Crippen molar-refractivity contribution in [1.29, 1.82) is 0 Å². The van der Waals surface area contributed by atoms with Crippen LogP contribution >= 0.6 is 0 Å². The Morgan fingerprint density at radius 3 is 2.50 bits per heavy atom. The third kappa shape index (κ3) is 2.58. The van der Waals surface area contributed by atoms with Gasteiger partial charge in [-0.2, -0.15) is 0 Å². The molecule has 1 atom stereocenters. The molecule has 16 heavy (non-hydrogen) atoms. The van der Waals surface area contributed by atoms with E-state index in [0.29, 0.717) is 11.1 Å². The van der Waals surface area contributed by atoms with Crippen molar-refractivity contribution in [2.24, 2.45) is 5.73 Å². The summed E-state index contributed by atoms with van der Waals surface area (Å²) < 4.78 is 0. The number of benzene rings is 1. The molecular formula is C11H13NO4. The fourth-order valence-corrected chi connectivity index (χ4v) is 1.30. The SMILES string of the molecule is C[C@@](N)(C(=O)O)c1cccc(CC(=O)O)c1. The largest absolute Gasteiger partial charge is 0.481 e. The summed E-state index contributed by atoms with van der Waals surface area (Å²) >= 11 is 0. The van der Waals surface area contributed by atoms with Crippen molar-refractivity contribution in [2.45, 2.75) is 18.9 Å². The summed E-state index contributed by atoms with van der Waals surface area (Å²) in [5.74, 6) is -2.12. The van der Waals surface area contributed by atoms with Crippen LogP contribution in [0.4, 0.5) is 0 Å². The highest BCUT2D eigenvalue weighted by Gasteiger charge is 2.30. The van der Waals surface area contributed by atoms with Gasteiger partial charge in [0.15, 0.2) is 0 Å². The van der Waals surface area contributed by atoms with E-state index in [2.05, 4.69) is 0 Å². The van der Waals surface area contributed by atoms with Gasteiger partial charge in [-0.25, -0.2) is 4.79 Å². The maximum absolute atomic E-state index is 10.9. The number of carboxylic acid groups (broad SMARTS) is 2. The first-order valence-electron chi connectivity index (χ1n) is 4.67. The monoisotopic (exact) mass is 223 g/mol. The molecule has 0 amide bonds. The van der Waals surface area contributed by atoms with E-state index in [1.807, 2.05) is 0 Å². The summed E-state index contributed by atoms with van der Waals surface area (Å²) in [7, 11) is 0. The molecule has 0 aliphatic carbocycles. The first-order valence-corrected chi connectivity index (χ1v) is 4.67. The number of hydrogen-bond donors (Lipinski definition) is 3. The molecule has 0 saturated carbocycles. The summed E-state index contributed by atoms with van der Waals surface area (Å²) in [5, 5.41) is 17.5. The van der Waals surface area contributed by atoms with E-state index in [0.717, 1.165) is 0 Å². The molecule has 0 aliphatic heterocycles. The van der Waals surface area contributed by atoms with Crippen molar-refractivity contribution in [3.05, 3.63) is 35.4 Å². The number of rotatable bonds is 4. The van der Waals surface area contributed by atoms with E-state index in [9.17, 15) is 9.59 Å². The first kappa shape index (κ1) is 12.2. The van der Waals surface area contributed by atoms with Gasteiger partial charge >= 0.3 is 11.9 Å². The zero-order valence-corrected chi connectivity index (χ0v) is 8.80. The minimum Gasteiger partial charge on any atom is -0.481 e. The molecule has 0 spiro atoms. The van der Waals surface area contributed by atoms with Gasteiger partial charge in [0.1, 0.15) is 5.54 Å². The standard InChI is InChI=1S/C11H13NO4/c1-11(12,10(15)16)8-4-2-3-7(5-8)6-9(13)14/h2-5H,6,12H2,1H3,(H,13,14)(H,15,16)/t11-/m0/s1. The van der Waals surface area contributed by atoms with E-state index in [4.69, 9.17) is 15.9 Å². The number of carboxylic acids is 2. The van der Waals surface area contributed by atoms with Crippen LogP contribution in [-0.2, 0) is 21.5 Å².